The van der Waals surface area contributed by atoms with E-state index in [0.717, 1.165) is 18.4 Å². The van der Waals surface area contributed by atoms with Crippen molar-refractivity contribution in [3.8, 4) is 0 Å². The lowest BCUT2D eigenvalue weighted by molar-refractivity contribution is -0.122. The molecule has 0 saturated heterocycles. The SMILES string of the molecule is Cc1cccn2c(=O)cc(CN(C)CC(=O)NC3CC3)nc12. The number of aromatic nitrogens is 2. The van der Waals surface area contributed by atoms with E-state index in [0.29, 0.717) is 30.5 Å². The highest BCUT2D eigenvalue weighted by Gasteiger charge is 2.23. The van der Waals surface area contributed by atoms with Gasteiger partial charge in [0.05, 0.1) is 12.2 Å². The maximum absolute atomic E-state index is 12.1. The molecule has 1 fully saturated rings. The maximum Gasteiger partial charge on any atom is 0.258 e. The number of carbonyl (C=O) groups excluding carboxylic acids is 1. The lowest BCUT2D eigenvalue weighted by atomic mass is 10.3. The minimum atomic E-state index is -0.0977. The zero-order chi connectivity index (χ0) is 15.7. The van der Waals surface area contributed by atoms with E-state index in [4.69, 9.17) is 0 Å². The molecule has 0 radical (unpaired) electrons. The fourth-order valence-corrected chi connectivity index (χ4v) is 2.47. The van der Waals surface area contributed by atoms with Gasteiger partial charge in [-0.2, -0.15) is 0 Å². The summed E-state index contributed by atoms with van der Waals surface area (Å²) in [6.07, 6.45) is 3.88. The Bertz CT molecular complexity index is 764. The van der Waals surface area contributed by atoms with E-state index in [1.54, 1.807) is 10.6 Å². The molecule has 6 nitrogen and oxygen atoms in total. The van der Waals surface area contributed by atoms with Crippen molar-refractivity contribution >= 4 is 11.6 Å². The molecular formula is C16H20N4O2. The second kappa shape index (κ2) is 5.88. The second-order valence-electron chi connectivity index (χ2n) is 5.98. The summed E-state index contributed by atoms with van der Waals surface area (Å²) >= 11 is 0. The number of fused-ring (bicyclic) bond motifs is 1. The molecular weight excluding hydrogens is 280 g/mol. The summed E-state index contributed by atoms with van der Waals surface area (Å²) in [6.45, 7) is 2.71. The van der Waals surface area contributed by atoms with Crippen LogP contribution in [0.2, 0.25) is 0 Å². The van der Waals surface area contributed by atoms with Gasteiger partial charge in [0.15, 0.2) is 0 Å². The molecule has 1 aliphatic rings. The number of nitrogens with zero attached hydrogens (tertiary/aromatic N) is 3. The van der Waals surface area contributed by atoms with Crippen molar-refractivity contribution in [3.63, 3.8) is 0 Å². The summed E-state index contributed by atoms with van der Waals surface area (Å²) in [5, 5.41) is 2.95. The van der Waals surface area contributed by atoms with Crippen molar-refractivity contribution in [2.24, 2.45) is 0 Å². The quantitative estimate of drug-likeness (QED) is 0.883. The Morgan fingerprint density at radius 2 is 2.27 bits per heavy atom. The van der Waals surface area contributed by atoms with Crippen molar-refractivity contribution in [1.82, 2.24) is 19.6 Å². The van der Waals surface area contributed by atoms with Gasteiger partial charge < -0.3 is 5.32 Å². The van der Waals surface area contributed by atoms with Crippen LogP contribution >= 0.6 is 0 Å². The lowest BCUT2D eigenvalue weighted by Crippen LogP contribution is -2.36. The minimum Gasteiger partial charge on any atom is -0.352 e. The summed E-state index contributed by atoms with van der Waals surface area (Å²) in [7, 11) is 1.85. The number of rotatable bonds is 5. The summed E-state index contributed by atoms with van der Waals surface area (Å²) in [4.78, 5) is 30.3. The molecule has 116 valence electrons. The highest BCUT2D eigenvalue weighted by Crippen LogP contribution is 2.18. The predicted octanol–water partition coefficient (Wildman–Crippen LogP) is 0.713. The van der Waals surface area contributed by atoms with Gasteiger partial charge in [0.25, 0.3) is 5.56 Å². The molecule has 0 atom stereocenters. The molecule has 0 unspecified atom stereocenters. The monoisotopic (exact) mass is 300 g/mol. The van der Waals surface area contributed by atoms with Crippen LogP contribution < -0.4 is 10.9 Å². The van der Waals surface area contributed by atoms with Crippen molar-refractivity contribution < 1.29 is 4.79 Å². The Kier molecular flexibility index (Phi) is 3.94. The number of amides is 1. The number of likely N-dealkylation sites (N-methyl/N-ethyl adjacent to an activating group) is 1. The minimum absolute atomic E-state index is 0.0266. The van der Waals surface area contributed by atoms with E-state index in [1.165, 1.54) is 6.07 Å². The molecule has 0 bridgehead atoms. The van der Waals surface area contributed by atoms with Crippen molar-refractivity contribution in [3.05, 3.63) is 46.0 Å². The number of aryl methyl sites for hydroxylation is 1. The molecule has 0 spiro atoms. The number of pyridine rings is 1. The normalized spacial score (nSPS) is 14.5. The maximum atomic E-state index is 12.1. The summed E-state index contributed by atoms with van der Waals surface area (Å²) < 4.78 is 1.54. The fraction of sp³-hybridized carbons (Fsp3) is 0.438. The molecule has 1 amide bonds. The molecule has 6 heteroatoms. The molecule has 2 aromatic rings. The van der Waals surface area contributed by atoms with Gasteiger partial charge in [-0.25, -0.2) is 4.98 Å². The third-order valence-electron chi connectivity index (χ3n) is 3.73. The van der Waals surface area contributed by atoms with E-state index in [1.807, 2.05) is 31.0 Å². The van der Waals surface area contributed by atoms with Gasteiger partial charge in [0.1, 0.15) is 5.65 Å². The topological polar surface area (TPSA) is 66.7 Å². The number of hydrogen-bond acceptors (Lipinski definition) is 4. The van der Waals surface area contributed by atoms with Crippen LogP contribution in [0.3, 0.4) is 0 Å². The van der Waals surface area contributed by atoms with E-state index >= 15 is 0 Å². The van der Waals surface area contributed by atoms with Gasteiger partial charge in [-0.05, 0) is 38.4 Å². The van der Waals surface area contributed by atoms with E-state index in [-0.39, 0.29) is 11.5 Å². The van der Waals surface area contributed by atoms with Crippen LogP contribution in [0.1, 0.15) is 24.1 Å². The number of carbonyl (C=O) groups is 1. The second-order valence-corrected chi connectivity index (χ2v) is 5.98. The first-order chi connectivity index (χ1) is 10.5. The smallest absolute Gasteiger partial charge is 0.258 e. The first-order valence-corrected chi connectivity index (χ1v) is 7.49. The third-order valence-corrected chi connectivity index (χ3v) is 3.73. The number of hydrogen-bond donors (Lipinski definition) is 1. The van der Waals surface area contributed by atoms with Gasteiger partial charge in [-0.15, -0.1) is 0 Å². The number of nitrogens with one attached hydrogen (secondary N) is 1. The molecule has 3 rings (SSSR count). The first-order valence-electron chi connectivity index (χ1n) is 7.49. The molecule has 22 heavy (non-hydrogen) atoms. The standard InChI is InChI=1S/C16H20N4O2/c1-11-4-3-7-20-15(22)8-13(18-16(11)20)9-19(2)10-14(21)17-12-5-6-12/h3-4,7-8,12H,5-6,9-10H2,1-2H3,(H,17,21). The van der Waals surface area contributed by atoms with E-state index in [9.17, 15) is 9.59 Å². The van der Waals surface area contributed by atoms with Gasteiger partial charge in [0.2, 0.25) is 5.91 Å². The van der Waals surface area contributed by atoms with Gasteiger partial charge in [-0.1, -0.05) is 6.07 Å². The van der Waals surface area contributed by atoms with Gasteiger partial charge in [0, 0.05) is 24.8 Å². The summed E-state index contributed by atoms with van der Waals surface area (Å²) in [5.74, 6) is 0.0266. The summed E-state index contributed by atoms with van der Waals surface area (Å²) in [5.41, 5.74) is 2.21. The van der Waals surface area contributed by atoms with Crippen LogP contribution in [0.25, 0.3) is 5.65 Å². The Labute approximate surface area is 128 Å². The van der Waals surface area contributed by atoms with Gasteiger partial charge >= 0.3 is 0 Å². The Hall–Kier alpha value is -2.21. The molecule has 2 aromatic heterocycles. The lowest BCUT2D eigenvalue weighted by Gasteiger charge is -2.16. The average Bonchev–Trinajstić information content (AvgIpc) is 3.23. The van der Waals surface area contributed by atoms with Crippen LogP contribution in [0.4, 0.5) is 0 Å². The highest BCUT2D eigenvalue weighted by atomic mass is 16.2. The average molecular weight is 300 g/mol. The fourth-order valence-electron chi connectivity index (χ4n) is 2.47. The molecule has 1 aliphatic carbocycles. The molecule has 1 saturated carbocycles. The van der Waals surface area contributed by atoms with Crippen LogP contribution in [0, 0.1) is 6.92 Å². The molecule has 0 aliphatic heterocycles. The summed E-state index contributed by atoms with van der Waals surface area (Å²) in [6, 6.07) is 5.66. The van der Waals surface area contributed by atoms with E-state index in [2.05, 4.69) is 10.3 Å². The van der Waals surface area contributed by atoms with Crippen LogP contribution in [-0.2, 0) is 11.3 Å². The zero-order valence-corrected chi connectivity index (χ0v) is 12.9. The molecule has 2 heterocycles. The van der Waals surface area contributed by atoms with Crippen LogP contribution in [-0.4, -0.2) is 39.8 Å². The zero-order valence-electron chi connectivity index (χ0n) is 12.9. The third kappa shape index (κ3) is 3.33. The Morgan fingerprint density at radius 3 is 3.00 bits per heavy atom. The van der Waals surface area contributed by atoms with Crippen LogP contribution in [0.15, 0.2) is 29.2 Å². The molecule has 1 N–H and O–H groups in total. The van der Waals surface area contributed by atoms with Crippen molar-refractivity contribution in [1.29, 1.82) is 0 Å². The van der Waals surface area contributed by atoms with Gasteiger partial charge in [-0.3, -0.25) is 18.9 Å². The largest absolute Gasteiger partial charge is 0.352 e. The highest BCUT2D eigenvalue weighted by molar-refractivity contribution is 5.78. The van der Waals surface area contributed by atoms with Crippen LogP contribution in [0.5, 0.6) is 0 Å². The van der Waals surface area contributed by atoms with Crippen molar-refractivity contribution in [2.45, 2.75) is 32.4 Å². The van der Waals surface area contributed by atoms with E-state index < -0.39 is 0 Å². The first kappa shape index (κ1) is 14.7. The van der Waals surface area contributed by atoms with Crippen molar-refractivity contribution in [2.75, 3.05) is 13.6 Å². The molecule has 0 aromatic carbocycles. The Morgan fingerprint density at radius 1 is 1.50 bits per heavy atom. The predicted molar refractivity (Wildman–Crippen MR) is 83.7 cm³/mol. The Balaban J connectivity index is 1.74.